The SMILES string of the molecule is CC[C@H]1CC/C(=C/C(F)=C\C(C)c2ccccc2Cl)CO1. The molecule has 0 spiro atoms. The normalized spacial score (nSPS) is 23.3. The Bertz CT molecular complexity index is 526. The zero-order chi connectivity index (χ0) is 15.2. The molecule has 0 bridgehead atoms. The van der Waals surface area contributed by atoms with Crippen molar-refractivity contribution < 1.29 is 9.13 Å². The third kappa shape index (κ3) is 4.69. The van der Waals surface area contributed by atoms with Crippen LogP contribution in [0.4, 0.5) is 4.39 Å². The number of rotatable bonds is 4. The van der Waals surface area contributed by atoms with Crippen LogP contribution in [0, 0.1) is 0 Å². The molecule has 1 aliphatic rings. The summed E-state index contributed by atoms with van der Waals surface area (Å²) in [6, 6.07) is 7.56. The van der Waals surface area contributed by atoms with Gasteiger partial charge in [0, 0.05) is 10.9 Å². The molecule has 3 heteroatoms. The average Bonchev–Trinajstić information content (AvgIpc) is 2.48. The molecule has 0 N–H and O–H groups in total. The topological polar surface area (TPSA) is 9.23 Å². The van der Waals surface area contributed by atoms with Gasteiger partial charge in [-0.25, -0.2) is 4.39 Å². The Kier molecular flexibility index (Phi) is 6.01. The first kappa shape index (κ1) is 16.3. The van der Waals surface area contributed by atoms with Gasteiger partial charge < -0.3 is 4.74 Å². The maximum atomic E-state index is 14.1. The van der Waals surface area contributed by atoms with Gasteiger partial charge in [0.25, 0.3) is 0 Å². The van der Waals surface area contributed by atoms with Gasteiger partial charge in [-0.3, -0.25) is 0 Å². The third-order valence-corrected chi connectivity index (χ3v) is 4.24. The van der Waals surface area contributed by atoms with Crippen LogP contribution in [0.5, 0.6) is 0 Å². The van der Waals surface area contributed by atoms with E-state index in [1.807, 2.05) is 31.2 Å². The van der Waals surface area contributed by atoms with Crippen LogP contribution in [-0.4, -0.2) is 12.7 Å². The summed E-state index contributed by atoms with van der Waals surface area (Å²) in [5, 5.41) is 0.675. The zero-order valence-corrected chi connectivity index (χ0v) is 13.4. The molecule has 1 unspecified atom stereocenters. The highest BCUT2D eigenvalue weighted by Gasteiger charge is 2.15. The number of allylic oxidation sites excluding steroid dienone is 3. The van der Waals surface area contributed by atoms with E-state index in [2.05, 4.69) is 6.92 Å². The van der Waals surface area contributed by atoms with Crippen LogP contribution in [0.15, 0.2) is 47.8 Å². The Morgan fingerprint density at radius 1 is 1.48 bits per heavy atom. The highest BCUT2D eigenvalue weighted by Crippen LogP contribution is 2.27. The zero-order valence-electron chi connectivity index (χ0n) is 12.6. The van der Waals surface area contributed by atoms with Crippen molar-refractivity contribution in [3.8, 4) is 0 Å². The molecule has 1 aromatic carbocycles. The van der Waals surface area contributed by atoms with Crippen molar-refractivity contribution in [1.29, 1.82) is 0 Å². The number of ether oxygens (including phenoxy) is 1. The van der Waals surface area contributed by atoms with Crippen LogP contribution in [0.3, 0.4) is 0 Å². The van der Waals surface area contributed by atoms with Crippen LogP contribution in [0.1, 0.15) is 44.6 Å². The van der Waals surface area contributed by atoms with Crippen molar-refractivity contribution in [3.05, 3.63) is 58.4 Å². The predicted octanol–water partition coefficient (Wildman–Crippen LogP) is 5.81. The third-order valence-electron chi connectivity index (χ3n) is 3.89. The van der Waals surface area contributed by atoms with Gasteiger partial charge in [-0.1, -0.05) is 43.6 Å². The number of hydrogen-bond acceptors (Lipinski definition) is 1. The van der Waals surface area contributed by atoms with Crippen molar-refractivity contribution in [2.45, 2.75) is 45.1 Å². The summed E-state index contributed by atoms with van der Waals surface area (Å²) in [5.74, 6) is -0.264. The van der Waals surface area contributed by atoms with Gasteiger partial charge in [0.15, 0.2) is 0 Å². The summed E-state index contributed by atoms with van der Waals surface area (Å²) in [5.41, 5.74) is 1.97. The van der Waals surface area contributed by atoms with E-state index < -0.39 is 0 Å². The van der Waals surface area contributed by atoms with E-state index in [9.17, 15) is 4.39 Å². The molecule has 1 aliphatic heterocycles. The lowest BCUT2D eigenvalue weighted by atomic mass is 9.99. The Labute approximate surface area is 131 Å². The highest BCUT2D eigenvalue weighted by molar-refractivity contribution is 6.31. The largest absolute Gasteiger partial charge is 0.374 e. The van der Waals surface area contributed by atoms with Crippen molar-refractivity contribution in [3.63, 3.8) is 0 Å². The van der Waals surface area contributed by atoms with E-state index in [-0.39, 0.29) is 11.7 Å². The first-order chi connectivity index (χ1) is 10.1. The van der Waals surface area contributed by atoms with Crippen molar-refractivity contribution in [2.75, 3.05) is 6.61 Å². The fraction of sp³-hybridized carbons (Fsp3) is 0.444. The molecule has 1 nitrogen and oxygen atoms in total. The Morgan fingerprint density at radius 2 is 2.24 bits per heavy atom. The van der Waals surface area contributed by atoms with Gasteiger partial charge in [0.05, 0.1) is 12.7 Å². The van der Waals surface area contributed by atoms with Crippen molar-refractivity contribution in [2.24, 2.45) is 0 Å². The second-order valence-electron chi connectivity index (χ2n) is 5.54. The lowest BCUT2D eigenvalue weighted by molar-refractivity contribution is 0.0401. The molecule has 2 rings (SSSR count). The van der Waals surface area contributed by atoms with E-state index in [0.717, 1.165) is 30.4 Å². The molecular weight excluding hydrogens is 287 g/mol. The first-order valence-electron chi connectivity index (χ1n) is 7.53. The van der Waals surface area contributed by atoms with Gasteiger partial charge >= 0.3 is 0 Å². The van der Waals surface area contributed by atoms with E-state index in [0.29, 0.717) is 17.7 Å². The summed E-state index contributed by atoms with van der Waals surface area (Å²) in [4.78, 5) is 0. The summed E-state index contributed by atoms with van der Waals surface area (Å²) in [6.07, 6.45) is 6.47. The van der Waals surface area contributed by atoms with Crippen LogP contribution in [0.25, 0.3) is 0 Å². The molecule has 1 heterocycles. The van der Waals surface area contributed by atoms with E-state index in [4.69, 9.17) is 16.3 Å². The molecule has 0 radical (unpaired) electrons. The quantitative estimate of drug-likeness (QED) is 0.681. The Balaban J connectivity index is 2.03. The number of benzene rings is 1. The molecular formula is C18H22ClFO. The van der Waals surface area contributed by atoms with Crippen LogP contribution < -0.4 is 0 Å². The van der Waals surface area contributed by atoms with Gasteiger partial charge in [0.1, 0.15) is 5.83 Å². The smallest absolute Gasteiger partial charge is 0.119 e. The molecule has 1 aromatic rings. The van der Waals surface area contributed by atoms with Crippen molar-refractivity contribution in [1.82, 2.24) is 0 Å². The molecule has 114 valence electrons. The summed E-state index contributed by atoms with van der Waals surface area (Å²) in [7, 11) is 0. The molecule has 2 atom stereocenters. The molecule has 0 aliphatic carbocycles. The van der Waals surface area contributed by atoms with E-state index in [1.54, 1.807) is 12.2 Å². The fourth-order valence-corrected chi connectivity index (χ4v) is 2.89. The van der Waals surface area contributed by atoms with Crippen LogP contribution in [0.2, 0.25) is 5.02 Å². The van der Waals surface area contributed by atoms with Crippen LogP contribution >= 0.6 is 11.6 Å². The maximum Gasteiger partial charge on any atom is 0.119 e. The van der Waals surface area contributed by atoms with Crippen LogP contribution in [-0.2, 0) is 4.74 Å². The van der Waals surface area contributed by atoms with E-state index >= 15 is 0 Å². The first-order valence-corrected chi connectivity index (χ1v) is 7.90. The predicted molar refractivity (Wildman–Crippen MR) is 86.4 cm³/mol. The standard InChI is InChI=1S/C18H22ClFO/c1-3-16-9-8-14(12-21-16)11-15(20)10-13(2)17-6-4-5-7-18(17)19/h4-7,10-11,13,16H,3,8-9,12H2,1-2H3/b14-11-,15-10+/t13?,16-/m0/s1. The minimum atomic E-state index is -0.212. The molecule has 1 saturated heterocycles. The summed E-state index contributed by atoms with van der Waals surface area (Å²) < 4.78 is 19.8. The summed E-state index contributed by atoms with van der Waals surface area (Å²) in [6.45, 7) is 4.61. The molecule has 21 heavy (non-hydrogen) atoms. The highest BCUT2D eigenvalue weighted by atomic mass is 35.5. The molecule has 0 aromatic heterocycles. The number of halogens is 2. The molecule has 1 fully saturated rings. The lowest BCUT2D eigenvalue weighted by Crippen LogP contribution is -2.19. The summed E-state index contributed by atoms with van der Waals surface area (Å²) >= 11 is 6.14. The second-order valence-corrected chi connectivity index (χ2v) is 5.95. The average molecular weight is 309 g/mol. The molecule has 0 amide bonds. The monoisotopic (exact) mass is 308 g/mol. The van der Waals surface area contributed by atoms with Gasteiger partial charge in [-0.2, -0.15) is 0 Å². The van der Waals surface area contributed by atoms with Gasteiger partial charge in [-0.15, -0.1) is 0 Å². The minimum Gasteiger partial charge on any atom is -0.374 e. The Hall–Kier alpha value is -1.12. The fourth-order valence-electron chi connectivity index (χ4n) is 2.58. The minimum absolute atomic E-state index is 0.0524. The maximum absolute atomic E-state index is 14.1. The van der Waals surface area contributed by atoms with Crippen molar-refractivity contribution >= 4 is 11.6 Å². The second kappa shape index (κ2) is 7.77. The number of hydrogen-bond donors (Lipinski definition) is 0. The van der Waals surface area contributed by atoms with E-state index in [1.165, 1.54) is 0 Å². The lowest BCUT2D eigenvalue weighted by Gasteiger charge is -2.23. The van der Waals surface area contributed by atoms with Gasteiger partial charge in [-0.05, 0) is 48.6 Å². The molecule has 0 saturated carbocycles. The Morgan fingerprint density at radius 3 is 2.86 bits per heavy atom. The van der Waals surface area contributed by atoms with Gasteiger partial charge in [0.2, 0.25) is 0 Å².